The summed E-state index contributed by atoms with van der Waals surface area (Å²) in [4.78, 5) is 14.8. The molecule has 0 bridgehead atoms. The maximum atomic E-state index is 11.0. The first-order valence-corrected chi connectivity index (χ1v) is 4.40. The molecule has 0 saturated heterocycles. The van der Waals surface area contributed by atoms with E-state index in [9.17, 15) is 4.79 Å². The molecule has 2 N–H and O–H groups in total. The highest BCUT2D eigenvalue weighted by molar-refractivity contribution is 9.10. The minimum absolute atomic E-state index is 0.324. The Labute approximate surface area is 82.1 Å². The molecule has 0 radical (unpaired) electrons. The molecular formula is C8H6BrN3O. The molecule has 2 rings (SSSR count). The lowest BCUT2D eigenvalue weighted by Crippen LogP contribution is -2.11. The van der Waals surface area contributed by atoms with E-state index in [1.54, 1.807) is 16.7 Å². The minimum Gasteiger partial charge on any atom is -0.385 e. The van der Waals surface area contributed by atoms with Crippen molar-refractivity contribution in [3.8, 4) is 0 Å². The van der Waals surface area contributed by atoms with Gasteiger partial charge in [0.05, 0.1) is 0 Å². The summed E-state index contributed by atoms with van der Waals surface area (Å²) in [5.74, 6) is 0.391. The van der Waals surface area contributed by atoms with Gasteiger partial charge < -0.3 is 5.73 Å². The lowest BCUT2D eigenvalue weighted by atomic mass is 10.4. The molecule has 0 aliphatic heterocycles. The number of aromatic nitrogens is 2. The summed E-state index contributed by atoms with van der Waals surface area (Å²) >= 11 is 3.29. The Balaban J connectivity index is 2.94. The smallest absolute Gasteiger partial charge is 0.275 e. The number of nitrogens with two attached hydrogens (primary N) is 1. The molecule has 0 fully saturated rings. The van der Waals surface area contributed by atoms with E-state index in [0.29, 0.717) is 11.5 Å². The Morgan fingerprint density at radius 2 is 2.23 bits per heavy atom. The molecule has 0 aliphatic carbocycles. The van der Waals surface area contributed by atoms with Crippen molar-refractivity contribution in [2.75, 3.05) is 5.73 Å². The molecule has 13 heavy (non-hydrogen) atoms. The van der Waals surface area contributed by atoms with Gasteiger partial charge in [0, 0.05) is 16.7 Å². The molecule has 2 aromatic heterocycles. The second kappa shape index (κ2) is 2.85. The van der Waals surface area contributed by atoms with Crippen molar-refractivity contribution in [3.63, 3.8) is 0 Å². The van der Waals surface area contributed by atoms with Crippen molar-refractivity contribution in [2.24, 2.45) is 0 Å². The van der Waals surface area contributed by atoms with Gasteiger partial charge in [-0.05, 0) is 12.1 Å². The van der Waals surface area contributed by atoms with E-state index in [-0.39, 0.29) is 5.56 Å². The molecule has 0 spiro atoms. The number of nitrogens with zero attached hydrogens (tertiary/aromatic N) is 2. The number of pyridine rings is 1. The zero-order chi connectivity index (χ0) is 9.42. The number of nitrogen functional groups attached to an aromatic ring is 1. The summed E-state index contributed by atoms with van der Waals surface area (Å²) in [6.07, 6.45) is 1.75. The maximum Gasteiger partial charge on any atom is 0.275 e. The molecular weight excluding hydrogens is 234 g/mol. The molecule has 0 aliphatic rings. The summed E-state index contributed by atoms with van der Waals surface area (Å²) < 4.78 is 2.51. The molecule has 5 heteroatoms. The van der Waals surface area contributed by atoms with Crippen LogP contribution in [0.3, 0.4) is 0 Å². The molecule has 0 unspecified atom stereocenters. The van der Waals surface area contributed by atoms with Crippen LogP contribution in [0.25, 0.3) is 5.65 Å². The normalized spacial score (nSPS) is 10.5. The lowest BCUT2D eigenvalue weighted by Gasteiger charge is -2.02. The van der Waals surface area contributed by atoms with Gasteiger partial charge in [0.15, 0.2) is 0 Å². The van der Waals surface area contributed by atoms with Crippen LogP contribution >= 0.6 is 15.9 Å². The van der Waals surface area contributed by atoms with Crippen LogP contribution in [0.1, 0.15) is 0 Å². The fourth-order valence-electron chi connectivity index (χ4n) is 1.11. The number of anilines is 1. The number of fused-ring (bicyclic) bond motifs is 1. The Morgan fingerprint density at radius 1 is 1.46 bits per heavy atom. The molecule has 4 nitrogen and oxygen atoms in total. The van der Waals surface area contributed by atoms with E-state index < -0.39 is 0 Å². The molecule has 0 saturated carbocycles. The highest BCUT2D eigenvalue weighted by Gasteiger charge is 1.99. The summed E-state index contributed by atoms with van der Waals surface area (Å²) in [6.45, 7) is 0. The highest BCUT2D eigenvalue weighted by atomic mass is 79.9. The van der Waals surface area contributed by atoms with Crippen LogP contribution in [0.15, 0.2) is 33.7 Å². The van der Waals surface area contributed by atoms with Crippen molar-refractivity contribution < 1.29 is 0 Å². The minimum atomic E-state index is -0.324. The van der Waals surface area contributed by atoms with Crippen LogP contribution in [-0.4, -0.2) is 9.38 Å². The standard InChI is InChI=1S/C8H6BrN3O/c9-5-1-2-12-6(10)4-8(13)11-7(12)3-5/h1-4H,10H2. The number of halogens is 1. The lowest BCUT2D eigenvalue weighted by molar-refractivity contribution is 1.08. The van der Waals surface area contributed by atoms with E-state index in [1.807, 2.05) is 6.07 Å². The van der Waals surface area contributed by atoms with Gasteiger partial charge in [-0.25, -0.2) is 0 Å². The van der Waals surface area contributed by atoms with E-state index in [4.69, 9.17) is 5.73 Å². The Bertz CT molecular complexity index is 520. The van der Waals surface area contributed by atoms with E-state index in [2.05, 4.69) is 20.9 Å². The van der Waals surface area contributed by atoms with Gasteiger partial charge in [0.25, 0.3) is 5.56 Å². The summed E-state index contributed by atoms with van der Waals surface area (Å²) in [7, 11) is 0. The van der Waals surface area contributed by atoms with Crippen LogP contribution in [0.5, 0.6) is 0 Å². The predicted octanol–water partition coefficient (Wildman–Crippen LogP) is 1.04. The maximum absolute atomic E-state index is 11.0. The fraction of sp³-hybridized carbons (Fsp3) is 0. The fourth-order valence-corrected chi connectivity index (χ4v) is 1.43. The second-order valence-electron chi connectivity index (χ2n) is 2.59. The van der Waals surface area contributed by atoms with Crippen LogP contribution in [0.2, 0.25) is 0 Å². The molecule has 0 amide bonds. The third-order valence-corrected chi connectivity index (χ3v) is 2.16. The number of rotatable bonds is 0. The van der Waals surface area contributed by atoms with Crippen LogP contribution < -0.4 is 11.3 Å². The third-order valence-electron chi connectivity index (χ3n) is 1.67. The van der Waals surface area contributed by atoms with Gasteiger partial charge in [0.2, 0.25) is 0 Å². The average molecular weight is 240 g/mol. The largest absolute Gasteiger partial charge is 0.385 e. The molecule has 2 heterocycles. The average Bonchev–Trinajstić information content (AvgIpc) is 2.02. The summed E-state index contributed by atoms with van der Waals surface area (Å²) in [5.41, 5.74) is 5.83. The van der Waals surface area contributed by atoms with Crippen LogP contribution in [-0.2, 0) is 0 Å². The summed E-state index contributed by atoms with van der Waals surface area (Å²) in [5, 5.41) is 0. The van der Waals surface area contributed by atoms with Gasteiger partial charge >= 0.3 is 0 Å². The van der Waals surface area contributed by atoms with Crippen molar-refractivity contribution in [2.45, 2.75) is 0 Å². The first kappa shape index (κ1) is 8.25. The van der Waals surface area contributed by atoms with E-state index in [1.165, 1.54) is 6.07 Å². The Hall–Kier alpha value is -1.36. The Kier molecular flexibility index (Phi) is 1.81. The SMILES string of the molecule is Nc1cc(=O)nc2cc(Br)ccn12. The van der Waals surface area contributed by atoms with Gasteiger partial charge in [-0.2, -0.15) is 4.98 Å². The monoisotopic (exact) mass is 239 g/mol. The zero-order valence-corrected chi connectivity index (χ0v) is 8.15. The van der Waals surface area contributed by atoms with Gasteiger partial charge in [0.1, 0.15) is 11.5 Å². The van der Waals surface area contributed by atoms with E-state index >= 15 is 0 Å². The van der Waals surface area contributed by atoms with Crippen LogP contribution in [0, 0.1) is 0 Å². The van der Waals surface area contributed by atoms with Crippen molar-refractivity contribution >= 4 is 27.4 Å². The first-order valence-electron chi connectivity index (χ1n) is 3.61. The Morgan fingerprint density at radius 3 is 3.00 bits per heavy atom. The number of hydrogen-bond donors (Lipinski definition) is 1. The van der Waals surface area contributed by atoms with Gasteiger partial charge in [-0.3, -0.25) is 9.20 Å². The zero-order valence-electron chi connectivity index (χ0n) is 6.57. The van der Waals surface area contributed by atoms with Gasteiger partial charge in [-0.15, -0.1) is 0 Å². The van der Waals surface area contributed by atoms with Crippen molar-refractivity contribution in [1.29, 1.82) is 0 Å². The van der Waals surface area contributed by atoms with Crippen molar-refractivity contribution in [1.82, 2.24) is 9.38 Å². The van der Waals surface area contributed by atoms with Crippen LogP contribution in [0.4, 0.5) is 5.82 Å². The first-order chi connectivity index (χ1) is 6.16. The van der Waals surface area contributed by atoms with Crippen molar-refractivity contribution in [3.05, 3.63) is 39.2 Å². The third kappa shape index (κ3) is 1.42. The van der Waals surface area contributed by atoms with Gasteiger partial charge in [-0.1, -0.05) is 15.9 Å². The quantitative estimate of drug-likeness (QED) is 0.748. The second-order valence-corrected chi connectivity index (χ2v) is 3.51. The predicted molar refractivity (Wildman–Crippen MR) is 53.6 cm³/mol. The topological polar surface area (TPSA) is 60.4 Å². The highest BCUT2D eigenvalue weighted by Crippen LogP contribution is 2.12. The number of hydrogen-bond acceptors (Lipinski definition) is 3. The molecule has 0 atom stereocenters. The summed E-state index contributed by atoms with van der Waals surface area (Å²) in [6, 6.07) is 4.86. The molecule has 2 aromatic rings. The molecule has 66 valence electrons. The molecule has 0 aromatic carbocycles. The van der Waals surface area contributed by atoms with E-state index in [0.717, 1.165) is 4.47 Å².